The van der Waals surface area contributed by atoms with E-state index in [1.54, 1.807) is 0 Å². The van der Waals surface area contributed by atoms with Crippen LogP contribution < -0.4 is 5.19 Å². The van der Waals surface area contributed by atoms with Crippen molar-refractivity contribution in [3.05, 3.63) is 30.3 Å². The molecule has 6 heteroatoms. The van der Waals surface area contributed by atoms with E-state index in [1.165, 1.54) is 11.2 Å². The van der Waals surface area contributed by atoms with Crippen molar-refractivity contribution < 1.29 is 8.23 Å². The summed E-state index contributed by atoms with van der Waals surface area (Å²) in [7, 11) is -1.43. The standard InChI is InChI=1S/C9H20O2Si4/c1-3-15(10-12)13-11-14(2)9-7-5-4-6-8-9/h4-8,14-15H,3,13H2,1-2,12H3. The maximum atomic E-state index is 6.11. The highest BCUT2D eigenvalue weighted by atomic mass is 29.2. The molecule has 2 unspecified atom stereocenters. The summed E-state index contributed by atoms with van der Waals surface area (Å²) in [6.07, 6.45) is 0. The van der Waals surface area contributed by atoms with Crippen molar-refractivity contribution in [3.8, 4) is 0 Å². The number of benzene rings is 1. The minimum absolute atomic E-state index is 0.353. The molecular weight excluding hydrogens is 252 g/mol. The fraction of sp³-hybridized carbons (Fsp3) is 0.333. The predicted molar refractivity (Wildman–Crippen MR) is 77.4 cm³/mol. The fourth-order valence-corrected chi connectivity index (χ4v) is 13.5. The first-order valence-corrected chi connectivity index (χ1v) is 13.6. The van der Waals surface area contributed by atoms with Crippen molar-refractivity contribution in [1.82, 2.24) is 0 Å². The third kappa shape index (κ3) is 4.58. The molecule has 1 aromatic carbocycles. The van der Waals surface area contributed by atoms with Crippen molar-refractivity contribution >= 4 is 42.6 Å². The molecule has 0 fully saturated rings. The Morgan fingerprint density at radius 3 is 2.53 bits per heavy atom. The number of hydrogen-bond acceptors (Lipinski definition) is 2. The zero-order chi connectivity index (χ0) is 11.1. The van der Waals surface area contributed by atoms with Gasteiger partial charge in [-0.05, 0) is 17.8 Å². The van der Waals surface area contributed by atoms with Gasteiger partial charge in [0, 0.05) is 0 Å². The maximum Gasteiger partial charge on any atom is 0.191 e. The van der Waals surface area contributed by atoms with E-state index in [4.69, 9.17) is 8.23 Å². The molecule has 0 N–H and O–H groups in total. The molecular formula is C9H20O2Si4. The topological polar surface area (TPSA) is 18.5 Å². The Morgan fingerprint density at radius 1 is 1.33 bits per heavy atom. The van der Waals surface area contributed by atoms with Gasteiger partial charge in [-0.2, -0.15) is 0 Å². The van der Waals surface area contributed by atoms with E-state index in [0.29, 0.717) is 0 Å². The van der Waals surface area contributed by atoms with Crippen LogP contribution in [0.25, 0.3) is 0 Å². The molecule has 0 aromatic heterocycles. The Kier molecular flexibility index (Phi) is 6.37. The molecule has 0 aliphatic carbocycles. The van der Waals surface area contributed by atoms with Crippen LogP contribution in [0, 0.1) is 0 Å². The third-order valence-corrected chi connectivity index (χ3v) is 18.2. The molecule has 0 saturated carbocycles. The predicted octanol–water partition coefficient (Wildman–Crippen LogP) is -1.12. The lowest BCUT2D eigenvalue weighted by Gasteiger charge is -2.16. The first-order valence-electron chi connectivity index (χ1n) is 5.47. The molecule has 0 aliphatic rings. The molecule has 0 bridgehead atoms. The normalized spacial score (nSPS) is 15.9. The maximum absolute atomic E-state index is 6.11. The average Bonchev–Trinajstić information content (AvgIpc) is 2.31. The molecule has 0 saturated heterocycles. The SMILES string of the molecule is CC[SiH](O[SiH3])[SiH2]O[SiH](C)c1ccccc1. The van der Waals surface area contributed by atoms with Gasteiger partial charge in [0.2, 0.25) is 0 Å². The van der Waals surface area contributed by atoms with Crippen molar-refractivity contribution in [2.75, 3.05) is 0 Å². The second kappa shape index (κ2) is 7.31. The Bertz CT molecular complexity index is 266. The van der Waals surface area contributed by atoms with Gasteiger partial charge in [0.1, 0.15) is 10.5 Å². The highest BCUT2D eigenvalue weighted by molar-refractivity contribution is 7.09. The molecule has 2 nitrogen and oxygen atoms in total. The summed E-state index contributed by atoms with van der Waals surface area (Å²) in [6.45, 7) is 4.51. The van der Waals surface area contributed by atoms with Crippen molar-refractivity contribution in [2.45, 2.75) is 19.5 Å². The van der Waals surface area contributed by atoms with E-state index >= 15 is 0 Å². The van der Waals surface area contributed by atoms with Crippen LogP contribution in [0.4, 0.5) is 0 Å². The van der Waals surface area contributed by atoms with E-state index in [2.05, 4.69) is 43.8 Å². The number of hydrogen-bond donors (Lipinski definition) is 0. The molecule has 1 rings (SSSR count). The van der Waals surface area contributed by atoms with E-state index < -0.39 is 17.6 Å². The summed E-state index contributed by atoms with van der Waals surface area (Å²) in [4.78, 5) is 0. The van der Waals surface area contributed by atoms with E-state index in [1.807, 2.05) is 0 Å². The van der Waals surface area contributed by atoms with Gasteiger partial charge in [0.25, 0.3) is 0 Å². The minimum Gasteiger partial charge on any atom is -0.466 e. The van der Waals surface area contributed by atoms with Crippen molar-refractivity contribution in [3.63, 3.8) is 0 Å². The molecule has 84 valence electrons. The summed E-state index contributed by atoms with van der Waals surface area (Å²) in [5, 5.41) is 1.42. The van der Waals surface area contributed by atoms with Crippen molar-refractivity contribution in [1.29, 1.82) is 0 Å². The van der Waals surface area contributed by atoms with Crippen LogP contribution in [0.15, 0.2) is 30.3 Å². The molecule has 0 amide bonds. The van der Waals surface area contributed by atoms with E-state index in [-0.39, 0.29) is 9.28 Å². The molecule has 1 aromatic rings. The van der Waals surface area contributed by atoms with Crippen LogP contribution in [-0.2, 0) is 8.23 Å². The fourth-order valence-electron chi connectivity index (χ4n) is 1.42. The van der Waals surface area contributed by atoms with Gasteiger partial charge in [-0.25, -0.2) is 0 Å². The molecule has 2 atom stereocenters. The summed E-state index contributed by atoms with van der Waals surface area (Å²) in [5.41, 5.74) is 0. The molecule has 0 heterocycles. The van der Waals surface area contributed by atoms with Gasteiger partial charge in [-0.15, -0.1) is 0 Å². The van der Waals surface area contributed by atoms with E-state index in [9.17, 15) is 0 Å². The first kappa shape index (κ1) is 13.1. The van der Waals surface area contributed by atoms with E-state index in [0.717, 1.165) is 10.5 Å². The van der Waals surface area contributed by atoms with Crippen LogP contribution in [0.5, 0.6) is 0 Å². The minimum atomic E-state index is -1.11. The lowest BCUT2D eigenvalue weighted by atomic mass is 10.4. The first-order chi connectivity index (χ1) is 7.27. The van der Waals surface area contributed by atoms with Gasteiger partial charge in [0.05, 0.1) is 0 Å². The summed E-state index contributed by atoms with van der Waals surface area (Å²) in [5.74, 6) is 0. The summed E-state index contributed by atoms with van der Waals surface area (Å²) >= 11 is 0. The van der Waals surface area contributed by atoms with Gasteiger partial charge in [-0.1, -0.05) is 37.3 Å². The summed E-state index contributed by atoms with van der Waals surface area (Å²) < 4.78 is 11.7. The average molecular weight is 273 g/mol. The highest BCUT2D eigenvalue weighted by Gasteiger charge is 2.12. The summed E-state index contributed by atoms with van der Waals surface area (Å²) in [6, 6.07) is 11.9. The van der Waals surface area contributed by atoms with Gasteiger partial charge in [0.15, 0.2) is 26.9 Å². The van der Waals surface area contributed by atoms with Crippen LogP contribution in [0.1, 0.15) is 6.92 Å². The Balaban J connectivity index is 2.39. The van der Waals surface area contributed by atoms with Gasteiger partial charge >= 0.3 is 0 Å². The Hall–Kier alpha value is 0.00753. The molecule has 0 aliphatic heterocycles. The quantitative estimate of drug-likeness (QED) is 0.611. The smallest absolute Gasteiger partial charge is 0.191 e. The monoisotopic (exact) mass is 272 g/mol. The second-order valence-corrected chi connectivity index (χ2v) is 14.9. The largest absolute Gasteiger partial charge is 0.466 e. The third-order valence-electron chi connectivity index (χ3n) is 2.59. The van der Waals surface area contributed by atoms with Crippen LogP contribution in [0.2, 0.25) is 12.6 Å². The highest BCUT2D eigenvalue weighted by Crippen LogP contribution is 1.94. The Morgan fingerprint density at radius 2 is 2.00 bits per heavy atom. The van der Waals surface area contributed by atoms with Crippen molar-refractivity contribution in [2.24, 2.45) is 0 Å². The van der Waals surface area contributed by atoms with Gasteiger partial charge in [-0.3, -0.25) is 0 Å². The lowest BCUT2D eigenvalue weighted by Crippen LogP contribution is -2.37. The zero-order valence-corrected chi connectivity index (χ0v) is 15.5. The second-order valence-electron chi connectivity index (χ2n) is 3.65. The van der Waals surface area contributed by atoms with Gasteiger partial charge < -0.3 is 8.23 Å². The number of rotatable bonds is 6. The molecule has 0 radical (unpaired) electrons. The molecule has 0 spiro atoms. The Labute approximate surface area is 101 Å². The van der Waals surface area contributed by atoms with Crippen LogP contribution in [0.3, 0.4) is 0 Å². The lowest BCUT2D eigenvalue weighted by molar-refractivity contribution is 0.609. The zero-order valence-electron chi connectivity index (χ0n) is 9.77. The van der Waals surface area contributed by atoms with Crippen LogP contribution in [-0.4, -0.2) is 37.4 Å². The van der Waals surface area contributed by atoms with Crippen LogP contribution >= 0.6 is 0 Å². The molecule has 15 heavy (non-hydrogen) atoms.